The van der Waals surface area contributed by atoms with Crippen molar-refractivity contribution in [3.05, 3.63) is 24.2 Å². The number of aliphatic imine (C=N–C) groups is 1. The molecule has 1 aromatic rings. The smallest absolute Gasteiger partial charge is 0.401 e. The quantitative estimate of drug-likeness (QED) is 0.506. The zero-order valence-corrected chi connectivity index (χ0v) is 17.1. The van der Waals surface area contributed by atoms with Gasteiger partial charge in [-0.3, -0.25) is 9.89 Å². The fourth-order valence-corrected chi connectivity index (χ4v) is 3.39. The number of rotatable bonds is 9. The van der Waals surface area contributed by atoms with Crippen LogP contribution in [0.3, 0.4) is 0 Å². The Balaban J connectivity index is 1.89. The first-order chi connectivity index (χ1) is 13.3. The molecule has 2 rings (SSSR count). The van der Waals surface area contributed by atoms with Gasteiger partial charge in [-0.05, 0) is 36.9 Å². The largest absolute Gasteiger partial charge is 0.469 e. The van der Waals surface area contributed by atoms with Crippen LogP contribution in [0.25, 0.3) is 0 Å². The maximum Gasteiger partial charge on any atom is 0.401 e. The lowest BCUT2D eigenvalue weighted by molar-refractivity contribution is -0.146. The molecule has 1 N–H and O–H groups in total. The molecule has 0 aliphatic carbocycles. The highest BCUT2D eigenvalue weighted by atomic mass is 19.4. The molecule has 0 spiro atoms. The molecule has 1 atom stereocenters. The van der Waals surface area contributed by atoms with Crippen molar-refractivity contribution in [3.8, 4) is 0 Å². The molecule has 0 saturated carbocycles. The summed E-state index contributed by atoms with van der Waals surface area (Å²) >= 11 is 0. The highest BCUT2D eigenvalue weighted by molar-refractivity contribution is 5.80. The summed E-state index contributed by atoms with van der Waals surface area (Å²) in [6.07, 6.45) is -0.838. The van der Waals surface area contributed by atoms with Gasteiger partial charge in [-0.2, -0.15) is 13.2 Å². The summed E-state index contributed by atoms with van der Waals surface area (Å²) in [6, 6.07) is 3.81. The zero-order valence-electron chi connectivity index (χ0n) is 17.1. The number of alkyl halides is 3. The third kappa shape index (κ3) is 8.12. The van der Waals surface area contributed by atoms with Gasteiger partial charge in [0.25, 0.3) is 0 Å². The number of halogens is 3. The fraction of sp³-hybridized carbons (Fsp3) is 0.750. The van der Waals surface area contributed by atoms with Crippen LogP contribution in [0.15, 0.2) is 27.8 Å². The van der Waals surface area contributed by atoms with Gasteiger partial charge in [-0.25, -0.2) is 0 Å². The second-order valence-electron chi connectivity index (χ2n) is 7.86. The SMILES string of the molecule is CCN(CC1CCN(C(=NCC(C)C)NCCc2ccco2)C1)CC(F)(F)F. The van der Waals surface area contributed by atoms with Crippen molar-refractivity contribution < 1.29 is 17.6 Å². The molecule has 5 nitrogen and oxygen atoms in total. The van der Waals surface area contributed by atoms with E-state index in [0.717, 1.165) is 44.2 Å². The van der Waals surface area contributed by atoms with Crippen LogP contribution in [0.4, 0.5) is 13.2 Å². The van der Waals surface area contributed by atoms with Crippen LogP contribution < -0.4 is 5.32 Å². The lowest BCUT2D eigenvalue weighted by Crippen LogP contribution is -2.42. The zero-order chi connectivity index (χ0) is 20.6. The summed E-state index contributed by atoms with van der Waals surface area (Å²) in [4.78, 5) is 8.39. The minimum atomic E-state index is -4.15. The molecule has 1 fully saturated rings. The van der Waals surface area contributed by atoms with Crippen LogP contribution >= 0.6 is 0 Å². The van der Waals surface area contributed by atoms with E-state index in [1.54, 1.807) is 13.2 Å². The summed E-state index contributed by atoms with van der Waals surface area (Å²) < 4.78 is 43.5. The first-order valence-corrected chi connectivity index (χ1v) is 10.1. The molecule has 0 bridgehead atoms. The Hall–Kier alpha value is -1.70. The van der Waals surface area contributed by atoms with E-state index in [9.17, 15) is 13.2 Å². The summed E-state index contributed by atoms with van der Waals surface area (Å²) in [7, 11) is 0. The van der Waals surface area contributed by atoms with Crippen molar-refractivity contribution in [2.24, 2.45) is 16.8 Å². The van der Waals surface area contributed by atoms with E-state index in [-0.39, 0.29) is 5.92 Å². The molecule has 28 heavy (non-hydrogen) atoms. The molecule has 0 radical (unpaired) electrons. The molecule has 8 heteroatoms. The van der Waals surface area contributed by atoms with Crippen molar-refractivity contribution in [2.45, 2.75) is 39.8 Å². The van der Waals surface area contributed by atoms with Crippen molar-refractivity contribution >= 4 is 5.96 Å². The molecule has 1 aliphatic rings. The number of nitrogens with zero attached hydrogens (tertiary/aromatic N) is 3. The van der Waals surface area contributed by atoms with E-state index in [4.69, 9.17) is 9.41 Å². The number of furan rings is 1. The van der Waals surface area contributed by atoms with Gasteiger partial charge < -0.3 is 14.6 Å². The molecular weight excluding hydrogens is 369 g/mol. The van der Waals surface area contributed by atoms with Crippen LogP contribution in [0.1, 0.15) is 33.0 Å². The molecule has 1 unspecified atom stereocenters. The molecule has 0 aromatic carbocycles. The first-order valence-electron chi connectivity index (χ1n) is 10.1. The van der Waals surface area contributed by atoms with Crippen molar-refractivity contribution in [3.63, 3.8) is 0 Å². The highest BCUT2D eigenvalue weighted by Gasteiger charge is 2.33. The standard InChI is InChI=1S/C20H33F3N4O/c1-4-26(15-20(21,22)23)13-17-8-10-27(14-17)19(25-12-16(2)3)24-9-7-18-6-5-11-28-18/h5-6,11,16-17H,4,7-10,12-15H2,1-3H3,(H,24,25). The molecular formula is C20H33F3N4O. The normalized spacial score (nSPS) is 18.5. The number of nitrogens with one attached hydrogen (secondary N) is 1. The highest BCUT2D eigenvalue weighted by Crippen LogP contribution is 2.21. The minimum absolute atomic E-state index is 0.221. The van der Waals surface area contributed by atoms with Gasteiger partial charge in [0.05, 0.1) is 12.8 Å². The van der Waals surface area contributed by atoms with Gasteiger partial charge in [0.15, 0.2) is 5.96 Å². The summed E-state index contributed by atoms with van der Waals surface area (Å²) in [5.74, 6) is 2.43. The van der Waals surface area contributed by atoms with E-state index in [1.165, 1.54) is 4.90 Å². The Morgan fingerprint density at radius 2 is 2.21 bits per heavy atom. The average molecular weight is 403 g/mol. The molecule has 1 aliphatic heterocycles. The number of hydrogen-bond donors (Lipinski definition) is 1. The van der Waals surface area contributed by atoms with Crippen LogP contribution in [0.2, 0.25) is 0 Å². The summed E-state index contributed by atoms with van der Waals surface area (Å²) in [5, 5.41) is 3.40. The van der Waals surface area contributed by atoms with Gasteiger partial charge in [-0.15, -0.1) is 0 Å². The van der Waals surface area contributed by atoms with Crippen molar-refractivity contribution in [1.82, 2.24) is 15.1 Å². The van der Waals surface area contributed by atoms with Crippen LogP contribution in [-0.4, -0.2) is 67.7 Å². The Morgan fingerprint density at radius 1 is 1.43 bits per heavy atom. The fourth-order valence-electron chi connectivity index (χ4n) is 3.39. The van der Waals surface area contributed by atoms with E-state index >= 15 is 0 Å². The van der Waals surface area contributed by atoms with Gasteiger partial charge in [-0.1, -0.05) is 20.8 Å². The molecule has 2 heterocycles. The Kier molecular flexibility index (Phi) is 8.66. The van der Waals surface area contributed by atoms with Crippen LogP contribution in [0.5, 0.6) is 0 Å². The van der Waals surface area contributed by atoms with Crippen LogP contribution in [-0.2, 0) is 6.42 Å². The third-order valence-electron chi connectivity index (χ3n) is 4.79. The predicted octanol–water partition coefficient (Wildman–Crippen LogP) is 3.63. The Labute approximate surface area is 166 Å². The third-order valence-corrected chi connectivity index (χ3v) is 4.79. The number of likely N-dealkylation sites (tertiary alicyclic amines) is 1. The maximum atomic E-state index is 12.7. The van der Waals surface area contributed by atoms with Crippen molar-refractivity contribution in [2.75, 3.05) is 45.8 Å². The summed E-state index contributed by atoms with van der Waals surface area (Å²) in [6.45, 7) is 9.04. The molecule has 1 saturated heterocycles. The number of guanidine groups is 1. The van der Waals surface area contributed by atoms with Gasteiger partial charge in [0.2, 0.25) is 0 Å². The molecule has 160 valence electrons. The first kappa shape index (κ1) is 22.6. The van der Waals surface area contributed by atoms with Gasteiger partial charge in [0, 0.05) is 39.1 Å². The second kappa shape index (κ2) is 10.7. The lowest BCUT2D eigenvalue weighted by Gasteiger charge is -2.26. The molecule has 0 amide bonds. The minimum Gasteiger partial charge on any atom is -0.469 e. The van der Waals surface area contributed by atoms with E-state index in [1.807, 2.05) is 12.1 Å². The monoisotopic (exact) mass is 402 g/mol. The van der Waals surface area contributed by atoms with Gasteiger partial charge >= 0.3 is 6.18 Å². The second-order valence-corrected chi connectivity index (χ2v) is 7.86. The average Bonchev–Trinajstić information content (AvgIpc) is 3.27. The Morgan fingerprint density at radius 3 is 2.82 bits per heavy atom. The lowest BCUT2D eigenvalue weighted by atomic mass is 10.1. The maximum absolute atomic E-state index is 12.7. The summed E-state index contributed by atoms with van der Waals surface area (Å²) in [5.41, 5.74) is 0. The Bertz CT molecular complexity index is 587. The molecule has 1 aromatic heterocycles. The number of hydrogen-bond acceptors (Lipinski definition) is 3. The van der Waals surface area contributed by atoms with Crippen molar-refractivity contribution in [1.29, 1.82) is 0 Å². The van der Waals surface area contributed by atoms with E-state index in [0.29, 0.717) is 25.6 Å². The van der Waals surface area contributed by atoms with Crippen LogP contribution in [0, 0.1) is 11.8 Å². The van der Waals surface area contributed by atoms with E-state index in [2.05, 4.69) is 24.1 Å². The van der Waals surface area contributed by atoms with E-state index < -0.39 is 12.7 Å². The predicted molar refractivity (Wildman–Crippen MR) is 105 cm³/mol. The van der Waals surface area contributed by atoms with Gasteiger partial charge in [0.1, 0.15) is 5.76 Å². The topological polar surface area (TPSA) is 44.0 Å².